The van der Waals surface area contributed by atoms with Crippen molar-refractivity contribution in [3.05, 3.63) is 29.8 Å². The molecule has 1 aliphatic carbocycles. The third kappa shape index (κ3) is 3.46. The van der Waals surface area contributed by atoms with Gasteiger partial charge in [-0.1, -0.05) is 18.2 Å². The van der Waals surface area contributed by atoms with E-state index < -0.39 is 0 Å². The van der Waals surface area contributed by atoms with Crippen LogP contribution < -0.4 is 16.4 Å². The largest absolute Gasteiger partial charge is 0.398 e. The van der Waals surface area contributed by atoms with Crippen molar-refractivity contribution in [2.75, 3.05) is 5.73 Å². The van der Waals surface area contributed by atoms with Gasteiger partial charge >= 0.3 is 0 Å². The number of para-hydroxylation sites is 1. The number of nitrogens with two attached hydrogens (primary N) is 1. The van der Waals surface area contributed by atoms with Crippen LogP contribution in [-0.2, 0) is 11.3 Å². The van der Waals surface area contributed by atoms with Crippen LogP contribution in [0.5, 0.6) is 0 Å². The molecule has 17 heavy (non-hydrogen) atoms. The minimum atomic E-state index is -0.185. The summed E-state index contributed by atoms with van der Waals surface area (Å²) in [5, 5.41) is 6.15. The number of carbonyl (C=O) groups excluding carboxylic acids is 1. The molecule has 1 aliphatic rings. The molecule has 92 valence electrons. The molecular weight excluding hydrogens is 214 g/mol. The van der Waals surface area contributed by atoms with Gasteiger partial charge in [0.05, 0.1) is 6.04 Å². The minimum Gasteiger partial charge on any atom is -0.398 e. The molecule has 0 aliphatic heterocycles. The summed E-state index contributed by atoms with van der Waals surface area (Å²) in [5.41, 5.74) is 7.62. The Balaban J connectivity index is 1.80. The van der Waals surface area contributed by atoms with Gasteiger partial charge in [0.15, 0.2) is 0 Å². The number of hydrogen-bond donors (Lipinski definition) is 3. The standard InChI is InChI=1S/C13H19N3O/c1-9(13(17)16-11-6-7-11)15-8-10-4-2-3-5-12(10)14/h2-5,9,11,15H,6-8,14H2,1H3,(H,16,17). The fourth-order valence-electron chi connectivity index (χ4n) is 1.60. The number of nitrogen functional groups attached to an aromatic ring is 1. The van der Waals surface area contributed by atoms with E-state index in [4.69, 9.17) is 5.73 Å². The highest BCUT2D eigenvalue weighted by Crippen LogP contribution is 2.18. The predicted molar refractivity (Wildman–Crippen MR) is 68.3 cm³/mol. The van der Waals surface area contributed by atoms with Crippen molar-refractivity contribution in [3.8, 4) is 0 Å². The van der Waals surface area contributed by atoms with Crippen molar-refractivity contribution in [2.45, 2.75) is 38.4 Å². The number of carbonyl (C=O) groups is 1. The van der Waals surface area contributed by atoms with Crippen LogP contribution >= 0.6 is 0 Å². The van der Waals surface area contributed by atoms with Gasteiger partial charge in [0, 0.05) is 18.3 Å². The second-order valence-corrected chi connectivity index (χ2v) is 4.58. The number of anilines is 1. The molecular formula is C13H19N3O. The predicted octanol–water partition coefficient (Wildman–Crippen LogP) is 1.03. The van der Waals surface area contributed by atoms with E-state index >= 15 is 0 Å². The zero-order valence-corrected chi connectivity index (χ0v) is 10.1. The highest BCUT2D eigenvalue weighted by molar-refractivity contribution is 5.81. The van der Waals surface area contributed by atoms with Crippen molar-refractivity contribution in [1.82, 2.24) is 10.6 Å². The van der Waals surface area contributed by atoms with Crippen molar-refractivity contribution >= 4 is 11.6 Å². The third-order valence-electron chi connectivity index (χ3n) is 2.97. The quantitative estimate of drug-likeness (QED) is 0.665. The Bertz CT molecular complexity index is 401. The first-order valence-corrected chi connectivity index (χ1v) is 6.04. The molecule has 1 aromatic carbocycles. The summed E-state index contributed by atoms with van der Waals surface area (Å²) >= 11 is 0. The molecule has 4 nitrogen and oxygen atoms in total. The Morgan fingerprint density at radius 1 is 1.47 bits per heavy atom. The summed E-state index contributed by atoms with van der Waals surface area (Å²) in [6.45, 7) is 2.49. The Hall–Kier alpha value is -1.55. The lowest BCUT2D eigenvalue weighted by atomic mass is 10.1. The Labute approximate surface area is 102 Å². The summed E-state index contributed by atoms with van der Waals surface area (Å²) in [5.74, 6) is 0.0713. The van der Waals surface area contributed by atoms with Gasteiger partial charge in [0.1, 0.15) is 0 Å². The maximum Gasteiger partial charge on any atom is 0.237 e. The summed E-state index contributed by atoms with van der Waals surface area (Å²) in [4.78, 5) is 11.7. The third-order valence-corrected chi connectivity index (χ3v) is 2.97. The average molecular weight is 233 g/mol. The molecule has 1 atom stereocenters. The Morgan fingerprint density at radius 3 is 2.82 bits per heavy atom. The normalized spacial score (nSPS) is 16.5. The number of amides is 1. The molecule has 1 fully saturated rings. The first-order chi connectivity index (χ1) is 8.16. The van der Waals surface area contributed by atoms with Crippen LogP contribution in [0.3, 0.4) is 0 Å². The Kier molecular flexibility index (Phi) is 3.64. The van der Waals surface area contributed by atoms with E-state index in [9.17, 15) is 4.79 Å². The van der Waals surface area contributed by atoms with E-state index in [0.717, 1.165) is 24.1 Å². The molecule has 0 radical (unpaired) electrons. The van der Waals surface area contributed by atoms with Crippen molar-refractivity contribution in [2.24, 2.45) is 0 Å². The van der Waals surface area contributed by atoms with Gasteiger partial charge in [-0.15, -0.1) is 0 Å². The van der Waals surface area contributed by atoms with Crippen LogP contribution in [0.2, 0.25) is 0 Å². The van der Waals surface area contributed by atoms with E-state index in [1.165, 1.54) is 0 Å². The van der Waals surface area contributed by atoms with E-state index in [0.29, 0.717) is 12.6 Å². The van der Waals surface area contributed by atoms with Gasteiger partial charge in [-0.2, -0.15) is 0 Å². The zero-order chi connectivity index (χ0) is 12.3. The molecule has 0 saturated heterocycles. The molecule has 1 aromatic rings. The van der Waals surface area contributed by atoms with Crippen molar-refractivity contribution in [3.63, 3.8) is 0 Å². The molecule has 2 rings (SSSR count). The fourth-order valence-corrected chi connectivity index (χ4v) is 1.60. The summed E-state index contributed by atoms with van der Waals surface area (Å²) in [6.07, 6.45) is 2.23. The number of benzene rings is 1. The van der Waals surface area contributed by atoms with Crippen LogP contribution in [0.25, 0.3) is 0 Å². The smallest absolute Gasteiger partial charge is 0.237 e. The second-order valence-electron chi connectivity index (χ2n) is 4.58. The lowest BCUT2D eigenvalue weighted by Crippen LogP contribution is -2.42. The van der Waals surface area contributed by atoms with Crippen LogP contribution in [0, 0.1) is 0 Å². The first-order valence-electron chi connectivity index (χ1n) is 6.04. The lowest BCUT2D eigenvalue weighted by molar-refractivity contribution is -0.122. The molecule has 0 spiro atoms. The van der Waals surface area contributed by atoms with Crippen LogP contribution in [0.15, 0.2) is 24.3 Å². The summed E-state index contributed by atoms with van der Waals surface area (Å²) in [6, 6.07) is 7.91. The molecule has 0 bridgehead atoms. The molecule has 1 amide bonds. The second kappa shape index (κ2) is 5.19. The summed E-state index contributed by atoms with van der Waals surface area (Å²) < 4.78 is 0. The number of rotatable bonds is 5. The van der Waals surface area contributed by atoms with Crippen LogP contribution in [0.4, 0.5) is 5.69 Å². The highest BCUT2D eigenvalue weighted by Gasteiger charge is 2.25. The minimum absolute atomic E-state index is 0.0713. The summed E-state index contributed by atoms with van der Waals surface area (Å²) in [7, 11) is 0. The van der Waals surface area contributed by atoms with Gasteiger partial charge < -0.3 is 16.4 Å². The maximum atomic E-state index is 11.7. The molecule has 4 heteroatoms. The molecule has 0 aromatic heterocycles. The van der Waals surface area contributed by atoms with E-state index in [-0.39, 0.29) is 11.9 Å². The Morgan fingerprint density at radius 2 is 2.18 bits per heavy atom. The fraction of sp³-hybridized carbons (Fsp3) is 0.462. The number of hydrogen-bond acceptors (Lipinski definition) is 3. The van der Waals surface area contributed by atoms with E-state index in [2.05, 4.69) is 10.6 Å². The maximum absolute atomic E-state index is 11.7. The molecule has 1 saturated carbocycles. The average Bonchev–Trinajstić information content (AvgIpc) is 3.11. The van der Waals surface area contributed by atoms with Crippen molar-refractivity contribution in [1.29, 1.82) is 0 Å². The van der Waals surface area contributed by atoms with Gasteiger partial charge in [-0.05, 0) is 31.4 Å². The monoisotopic (exact) mass is 233 g/mol. The van der Waals surface area contributed by atoms with E-state index in [1.807, 2.05) is 31.2 Å². The lowest BCUT2D eigenvalue weighted by Gasteiger charge is -2.14. The SMILES string of the molecule is CC(NCc1ccccc1N)C(=O)NC1CC1. The van der Waals surface area contributed by atoms with E-state index in [1.54, 1.807) is 0 Å². The first kappa shape index (κ1) is 11.9. The topological polar surface area (TPSA) is 67.1 Å². The van der Waals surface area contributed by atoms with Gasteiger partial charge in [0.2, 0.25) is 5.91 Å². The zero-order valence-electron chi connectivity index (χ0n) is 10.1. The van der Waals surface area contributed by atoms with Gasteiger partial charge in [-0.25, -0.2) is 0 Å². The van der Waals surface area contributed by atoms with Crippen LogP contribution in [-0.4, -0.2) is 18.0 Å². The molecule has 0 heterocycles. The van der Waals surface area contributed by atoms with Crippen LogP contribution in [0.1, 0.15) is 25.3 Å². The molecule has 4 N–H and O–H groups in total. The van der Waals surface area contributed by atoms with Gasteiger partial charge in [-0.3, -0.25) is 4.79 Å². The van der Waals surface area contributed by atoms with Crippen molar-refractivity contribution < 1.29 is 4.79 Å². The molecule has 1 unspecified atom stereocenters. The number of nitrogens with one attached hydrogen (secondary N) is 2. The highest BCUT2D eigenvalue weighted by atomic mass is 16.2. The van der Waals surface area contributed by atoms with Gasteiger partial charge in [0.25, 0.3) is 0 Å².